The van der Waals surface area contributed by atoms with Crippen LogP contribution < -0.4 is 15.1 Å². The highest BCUT2D eigenvalue weighted by Crippen LogP contribution is 2.49. The van der Waals surface area contributed by atoms with Gasteiger partial charge in [0.1, 0.15) is 36.0 Å². The van der Waals surface area contributed by atoms with Gasteiger partial charge in [-0.05, 0) is 65.6 Å². The van der Waals surface area contributed by atoms with Gasteiger partial charge in [-0.15, -0.1) is 0 Å². The fourth-order valence-corrected chi connectivity index (χ4v) is 6.20. The number of carbonyl (C=O) groups excluding carboxylic acids is 3. The van der Waals surface area contributed by atoms with Gasteiger partial charge in [0.25, 0.3) is 5.69 Å². The van der Waals surface area contributed by atoms with Crippen molar-refractivity contribution in [2.75, 3.05) is 6.61 Å². The van der Waals surface area contributed by atoms with E-state index in [1.807, 2.05) is 39.0 Å². The molecule has 6 rings (SSSR count). The van der Waals surface area contributed by atoms with Crippen molar-refractivity contribution in [3.05, 3.63) is 134 Å². The maximum absolute atomic E-state index is 13.4. The van der Waals surface area contributed by atoms with Crippen LogP contribution >= 0.6 is 0 Å². The van der Waals surface area contributed by atoms with Gasteiger partial charge in [-0.2, -0.15) is 0 Å². The third-order valence-electron chi connectivity index (χ3n) is 8.68. The van der Waals surface area contributed by atoms with Crippen molar-refractivity contribution in [1.29, 1.82) is 0 Å². The molecular formula is C37H32N2O10. The molecule has 0 bridgehead atoms. The Kier molecular flexibility index (Phi) is 9.12. The Morgan fingerprint density at radius 1 is 0.939 bits per heavy atom. The number of ether oxygens (including phenoxy) is 3. The number of carbonyl (C=O) groups is 3. The fraction of sp³-hybridized carbons (Fsp3) is 0.243. The molecule has 0 aliphatic carbocycles. The van der Waals surface area contributed by atoms with E-state index in [1.54, 1.807) is 42.5 Å². The molecule has 12 heteroatoms. The summed E-state index contributed by atoms with van der Waals surface area (Å²) in [5.41, 5.74) is 1.21. The number of nitro groups is 1. The van der Waals surface area contributed by atoms with Gasteiger partial charge in [-0.25, -0.2) is 14.4 Å². The summed E-state index contributed by atoms with van der Waals surface area (Å²) in [7, 11) is 0. The Balaban J connectivity index is 1.10. The van der Waals surface area contributed by atoms with Crippen LogP contribution in [-0.4, -0.2) is 40.3 Å². The number of hydrogen-bond acceptors (Lipinski definition) is 10. The van der Waals surface area contributed by atoms with Crippen LogP contribution in [0.3, 0.4) is 0 Å². The van der Waals surface area contributed by atoms with Crippen molar-refractivity contribution < 1.29 is 37.9 Å². The molecule has 49 heavy (non-hydrogen) atoms. The molecular weight excluding hydrogens is 632 g/mol. The molecule has 1 saturated heterocycles. The van der Waals surface area contributed by atoms with E-state index in [0.29, 0.717) is 22.7 Å². The molecule has 0 spiro atoms. The third-order valence-corrected chi connectivity index (χ3v) is 8.68. The second-order valence-electron chi connectivity index (χ2n) is 12.1. The molecule has 0 saturated carbocycles. The van der Waals surface area contributed by atoms with Crippen LogP contribution in [-0.2, 0) is 20.9 Å². The van der Waals surface area contributed by atoms with Gasteiger partial charge >= 0.3 is 17.6 Å². The van der Waals surface area contributed by atoms with E-state index in [4.69, 9.17) is 18.6 Å². The van der Waals surface area contributed by atoms with E-state index in [0.717, 1.165) is 23.1 Å². The number of nitrogens with zero attached hydrogens (tertiary/aromatic N) is 2. The van der Waals surface area contributed by atoms with Crippen LogP contribution in [0.4, 0.5) is 5.69 Å². The summed E-state index contributed by atoms with van der Waals surface area (Å²) >= 11 is 0. The fourth-order valence-electron chi connectivity index (χ4n) is 6.20. The zero-order valence-electron chi connectivity index (χ0n) is 26.9. The number of amides is 1. The number of fused-ring (bicyclic) bond motifs is 2. The van der Waals surface area contributed by atoms with Gasteiger partial charge in [0.15, 0.2) is 0 Å². The van der Waals surface area contributed by atoms with Crippen LogP contribution in [0, 0.1) is 27.9 Å². The summed E-state index contributed by atoms with van der Waals surface area (Å²) in [5, 5.41) is 11.7. The summed E-state index contributed by atoms with van der Waals surface area (Å²) in [4.78, 5) is 62.6. The number of benzene rings is 3. The number of non-ortho nitro benzene ring substituents is 1. The van der Waals surface area contributed by atoms with E-state index in [1.165, 1.54) is 23.1 Å². The first-order chi connectivity index (χ1) is 23.5. The van der Waals surface area contributed by atoms with Crippen LogP contribution in [0.5, 0.6) is 11.5 Å². The lowest BCUT2D eigenvalue weighted by Gasteiger charge is -2.47. The highest BCUT2D eigenvalue weighted by atomic mass is 16.6. The standard InChI is InChI=1S/C37H32N2O10/c1-21(2)32-33-22(3)29(34(38(33)35(32)41)37(43)49-36(42)25-8-12-26(13-9-25)39(44)45)5-4-18-46-27-14-6-23(7-15-27)20-47-28-16-10-24-11-17-31(40)48-30(24)19-28/h4-17,19,21-22,32-33H,18,20H2,1-3H3/b5-4+/t22-,32+,33+/m0/s1. The Bertz CT molecular complexity index is 2060. The Morgan fingerprint density at radius 2 is 1.63 bits per heavy atom. The van der Waals surface area contributed by atoms with Crippen molar-refractivity contribution in [2.24, 2.45) is 17.8 Å². The van der Waals surface area contributed by atoms with Crippen molar-refractivity contribution >= 4 is 34.5 Å². The number of allylic oxidation sites excluding steroid dienone is 1. The highest BCUT2D eigenvalue weighted by molar-refractivity contribution is 6.06. The maximum Gasteiger partial charge on any atom is 0.363 e. The quantitative estimate of drug-likeness (QED) is 0.0466. The zero-order chi connectivity index (χ0) is 34.8. The SMILES string of the molecule is CC(C)[C@H]1C(=O)N2C(C(=O)OC(=O)c3ccc([N+](=O)[O-])cc3)=C(/C=C/COc3ccc(COc4ccc5ccc(=O)oc5c4)cc3)[C@H](C)[C@H]12. The summed E-state index contributed by atoms with van der Waals surface area (Å²) in [5.74, 6) is -1.45. The average molecular weight is 665 g/mol. The molecule has 0 radical (unpaired) electrons. The Labute approximate surface area is 280 Å². The first-order valence-electron chi connectivity index (χ1n) is 15.6. The zero-order valence-corrected chi connectivity index (χ0v) is 26.9. The van der Waals surface area contributed by atoms with Crippen LogP contribution in [0.15, 0.2) is 111 Å². The number of hydrogen-bond donors (Lipinski definition) is 0. The van der Waals surface area contributed by atoms with E-state index in [2.05, 4.69) is 0 Å². The van der Waals surface area contributed by atoms with Crippen molar-refractivity contribution in [3.8, 4) is 11.5 Å². The predicted molar refractivity (Wildman–Crippen MR) is 177 cm³/mol. The first kappa shape index (κ1) is 32.9. The molecule has 2 aliphatic rings. The summed E-state index contributed by atoms with van der Waals surface area (Å²) < 4.78 is 22.1. The molecule has 250 valence electrons. The smallest absolute Gasteiger partial charge is 0.363 e. The third kappa shape index (κ3) is 6.71. The summed E-state index contributed by atoms with van der Waals surface area (Å²) in [6.45, 7) is 6.27. The predicted octanol–water partition coefficient (Wildman–Crippen LogP) is 5.99. The molecule has 2 aliphatic heterocycles. The molecule has 3 aromatic carbocycles. The van der Waals surface area contributed by atoms with E-state index >= 15 is 0 Å². The lowest BCUT2D eigenvalue weighted by Crippen LogP contribution is -2.62. The Hall–Kier alpha value is -6.04. The molecule has 12 nitrogen and oxygen atoms in total. The normalized spacial score (nSPS) is 18.5. The molecule has 1 fully saturated rings. The summed E-state index contributed by atoms with van der Waals surface area (Å²) in [6.07, 6.45) is 3.45. The van der Waals surface area contributed by atoms with Crippen LogP contribution in [0.25, 0.3) is 11.0 Å². The molecule has 3 atom stereocenters. The van der Waals surface area contributed by atoms with Crippen molar-refractivity contribution in [1.82, 2.24) is 4.90 Å². The van der Waals surface area contributed by atoms with Crippen LogP contribution in [0.1, 0.15) is 36.7 Å². The highest BCUT2D eigenvalue weighted by Gasteiger charge is 2.59. The summed E-state index contributed by atoms with van der Waals surface area (Å²) in [6, 6.07) is 20.1. The lowest BCUT2D eigenvalue weighted by molar-refractivity contribution is -0.384. The minimum absolute atomic E-state index is 0.00354. The average Bonchev–Trinajstić information content (AvgIpc) is 3.33. The van der Waals surface area contributed by atoms with E-state index in [9.17, 15) is 29.3 Å². The monoisotopic (exact) mass is 664 g/mol. The number of nitro benzene ring substituents is 1. The molecule has 0 N–H and O–H groups in total. The Morgan fingerprint density at radius 3 is 2.33 bits per heavy atom. The minimum atomic E-state index is -0.983. The van der Waals surface area contributed by atoms with Gasteiger partial charge in [-0.1, -0.05) is 39.0 Å². The first-order valence-corrected chi connectivity index (χ1v) is 15.6. The maximum atomic E-state index is 13.4. The molecule has 1 amide bonds. The second kappa shape index (κ2) is 13.6. The topological polar surface area (TPSA) is 155 Å². The van der Waals surface area contributed by atoms with Crippen molar-refractivity contribution in [2.45, 2.75) is 33.4 Å². The second-order valence-corrected chi connectivity index (χ2v) is 12.1. The van der Waals surface area contributed by atoms with E-state index in [-0.39, 0.29) is 59.9 Å². The number of rotatable bonds is 11. The van der Waals surface area contributed by atoms with Gasteiger partial charge < -0.3 is 23.5 Å². The number of β-lactam (4-membered cyclic amide) rings is 1. The largest absolute Gasteiger partial charge is 0.490 e. The lowest BCUT2D eigenvalue weighted by atomic mass is 9.74. The number of esters is 2. The minimum Gasteiger partial charge on any atom is -0.490 e. The van der Waals surface area contributed by atoms with Gasteiger partial charge in [0, 0.05) is 35.6 Å². The molecule has 0 unspecified atom stereocenters. The molecule has 1 aromatic heterocycles. The molecule has 4 aromatic rings. The van der Waals surface area contributed by atoms with Crippen molar-refractivity contribution in [3.63, 3.8) is 0 Å². The molecule has 3 heterocycles. The van der Waals surface area contributed by atoms with Gasteiger partial charge in [0.2, 0.25) is 5.91 Å². The van der Waals surface area contributed by atoms with Crippen LogP contribution in [0.2, 0.25) is 0 Å². The van der Waals surface area contributed by atoms with Gasteiger partial charge in [0.05, 0.1) is 22.4 Å². The van der Waals surface area contributed by atoms with E-state index < -0.39 is 22.5 Å². The van der Waals surface area contributed by atoms with Gasteiger partial charge in [-0.3, -0.25) is 14.9 Å².